The Balaban J connectivity index is 1.46. The van der Waals surface area contributed by atoms with Crippen LogP contribution < -0.4 is 4.74 Å². The fraction of sp³-hybridized carbons (Fsp3) is 0.333. The lowest BCUT2D eigenvalue weighted by Crippen LogP contribution is -2.38. The maximum absolute atomic E-state index is 12.9. The van der Waals surface area contributed by atoms with Crippen molar-refractivity contribution in [2.24, 2.45) is 0 Å². The van der Waals surface area contributed by atoms with Crippen molar-refractivity contribution in [3.05, 3.63) is 64.8 Å². The van der Waals surface area contributed by atoms with Crippen molar-refractivity contribution < 1.29 is 14.3 Å². The molecular formula is C24H26N2O3. The van der Waals surface area contributed by atoms with E-state index in [-0.39, 0.29) is 11.9 Å². The highest BCUT2D eigenvalue weighted by Crippen LogP contribution is 2.34. The van der Waals surface area contributed by atoms with E-state index in [1.807, 2.05) is 4.90 Å². The molecule has 29 heavy (non-hydrogen) atoms. The summed E-state index contributed by atoms with van der Waals surface area (Å²) in [4.78, 5) is 29.6. The molecule has 150 valence electrons. The molecule has 0 spiro atoms. The van der Waals surface area contributed by atoms with Crippen LogP contribution in [0.5, 0.6) is 5.75 Å². The van der Waals surface area contributed by atoms with E-state index in [2.05, 4.69) is 37.0 Å². The van der Waals surface area contributed by atoms with Gasteiger partial charge < -0.3 is 14.6 Å². The summed E-state index contributed by atoms with van der Waals surface area (Å²) in [6, 6.07) is 13.4. The molecule has 0 unspecified atom stereocenters. The van der Waals surface area contributed by atoms with Crippen LogP contribution in [0.1, 0.15) is 52.9 Å². The molecule has 5 nitrogen and oxygen atoms in total. The number of amides is 1. The lowest BCUT2D eigenvalue weighted by atomic mass is 9.91. The van der Waals surface area contributed by atoms with Gasteiger partial charge in [0.15, 0.2) is 0 Å². The molecule has 5 heteroatoms. The number of piperidine rings is 1. The highest BCUT2D eigenvalue weighted by atomic mass is 16.5. The number of ether oxygens (including phenoxy) is 1. The number of aromatic nitrogens is 1. The molecule has 0 saturated carbocycles. The summed E-state index contributed by atoms with van der Waals surface area (Å²) in [6.45, 7) is 7.09. The molecule has 0 bridgehead atoms. The SMILES string of the molecule is CC(=O)Oc1cccc(C(=O)N2CCC(c3[nH]c4ccc(C)cc4c3C)CC2)c1. The van der Waals surface area contributed by atoms with E-state index in [1.165, 1.54) is 34.6 Å². The summed E-state index contributed by atoms with van der Waals surface area (Å²) in [5.74, 6) is 0.433. The molecule has 0 aliphatic carbocycles. The topological polar surface area (TPSA) is 62.4 Å². The number of carbonyl (C=O) groups excluding carboxylic acids is 2. The first kappa shape index (κ1) is 19.2. The highest BCUT2D eigenvalue weighted by molar-refractivity contribution is 5.95. The standard InChI is InChI=1S/C24H26N2O3/c1-15-7-8-22-21(13-15)16(2)23(25-22)18-9-11-26(12-10-18)24(28)19-5-4-6-20(14-19)29-17(3)27/h4-8,13-14,18,25H,9-12H2,1-3H3. The fourth-order valence-corrected chi connectivity index (χ4v) is 4.28. The van der Waals surface area contributed by atoms with Crippen LogP contribution in [0.25, 0.3) is 10.9 Å². The lowest BCUT2D eigenvalue weighted by molar-refractivity contribution is -0.131. The summed E-state index contributed by atoms with van der Waals surface area (Å²) in [7, 11) is 0. The minimum atomic E-state index is -0.390. The van der Waals surface area contributed by atoms with E-state index in [9.17, 15) is 9.59 Å². The average Bonchev–Trinajstić information content (AvgIpc) is 3.03. The minimum absolute atomic E-state index is 0.0126. The summed E-state index contributed by atoms with van der Waals surface area (Å²) >= 11 is 0. The average molecular weight is 390 g/mol. The van der Waals surface area contributed by atoms with Crippen molar-refractivity contribution in [3.63, 3.8) is 0 Å². The summed E-state index contributed by atoms with van der Waals surface area (Å²) in [5.41, 5.74) is 5.63. The zero-order valence-electron chi connectivity index (χ0n) is 17.1. The third kappa shape index (κ3) is 3.90. The Bertz CT molecular complexity index is 1070. The molecule has 2 heterocycles. The predicted molar refractivity (Wildman–Crippen MR) is 113 cm³/mol. The van der Waals surface area contributed by atoms with Crippen LogP contribution in [-0.4, -0.2) is 34.8 Å². The van der Waals surface area contributed by atoms with Crippen molar-refractivity contribution in [3.8, 4) is 5.75 Å². The van der Waals surface area contributed by atoms with Crippen molar-refractivity contribution in [1.29, 1.82) is 0 Å². The minimum Gasteiger partial charge on any atom is -0.427 e. The van der Waals surface area contributed by atoms with Gasteiger partial charge in [0, 0.05) is 48.1 Å². The predicted octanol–water partition coefficient (Wildman–Crippen LogP) is 4.73. The molecule has 1 aromatic heterocycles. The first-order chi connectivity index (χ1) is 13.9. The second-order valence-corrected chi connectivity index (χ2v) is 7.90. The Labute approximate surface area is 170 Å². The Morgan fingerprint density at radius 2 is 1.83 bits per heavy atom. The molecule has 0 atom stereocenters. The number of nitrogens with zero attached hydrogens (tertiary/aromatic N) is 1. The summed E-state index contributed by atoms with van der Waals surface area (Å²) in [5, 5.41) is 1.29. The Hall–Kier alpha value is -3.08. The van der Waals surface area contributed by atoms with E-state index in [0.29, 0.717) is 17.2 Å². The Kier molecular flexibility index (Phi) is 5.14. The van der Waals surface area contributed by atoms with Crippen molar-refractivity contribution in [2.75, 3.05) is 13.1 Å². The quantitative estimate of drug-likeness (QED) is 0.519. The van der Waals surface area contributed by atoms with Crippen LogP contribution in [0.2, 0.25) is 0 Å². The van der Waals surface area contributed by atoms with Crippen LogP contribution in [0, 0.1) is 13.8 Å². The lowest BCUT2D eigenvalue weighted by Gasteiger charge is -2.32. The van der Waals surface area contributed by atoms with Gasteiger partial charge in [-0.05, 0) is 62.6 Å². The van der Waals surface area contributed by atoms with Gasteiger partial charge in [0.05, 0.1) is 0 Å². The van der Waals surface area contributed by atoms with E-state index in [1.54, 1.807) is 24.3 Å². The number of aromatic amines is 1. The molecule has 1 aliphatic heterocycles. The number of hydrogen-bond donors (Lipinski definition) is 1. The number of carbonyl (C=O) groups is 2. The number of esters is 1. The van der Waals surface area contributed by atoms with Gasteiger partial charge in [-0.1, -0.05) is 17.7 Å². The molecule has 1 saturated heterocycles. The number of benzene rings is 2. The van der Waals surface area contributed by atoms with Gasteiger partial charge in [-0.2, -0.15) is 0 Å². The largest absolute Gasteiger partial charge is 0.427 e. The number of nitrogens with one attached hydrogen (secondary N) is 1. The third-order valence-electron chi connectivity index (χ3n) is 5.79. The van der Waals surface area contributed by atoms with E-state index < -0.39 is 0 Å². The third-order valence-corrected chi connectivity index (χ3v) is 5.79. The van der Waals surface area contributed by atoms with Crippen LogP contribution in [-0.2, 0) is 4.79 Å². The van der Waals surface area contributed by atoms with E-state index >= 15 is 0 Å². The first-order valence-corrected chi connectivity index (χ1v) is 10.1. The van der Waals surface area contributed by atoms with Gasteiger partial charge in [-0.3, -0.25) is 9.59 Å². The molecule has 2 aromatic carbocycles. The van der Waals surface area contributed by atoms with E-state index in [4.69, 9.17) is 4.74 Å². The van der Waals surface area contributed by atoms with Crippen molar-refractivity contribution >= 4 is 22.8 Å². The number of fused-ring (bicyclic) bond motifs is 1. The van der Waals surface area contributed by atoms with Gasteiger partial charge in [0.25, 0.3) is 5.91 Å². The van der Waals surface area contributed by atoms with Gasteiger partial charge in [0.1, 0.15) is 5.75 Å². The molecule has 3 aromatic rings. The Morgan fingerprint density at radius 1 is 1.07 bits per heavy atom. The number of aryl methyl sites for hydroxylation is 2. The van der Waals surface area contributed by atoms with Gasteiger partial charge in [-0.15, -0.1) is 0 Å². The molecule has 1 fully saturated rings. The fourth-order valence-electron chi connectivity index (χ4n) is 4.28. The molecule has 0 radical (unpaired) electrons. The van der Waals surface area contributed by atoms with Gasteiger partial charge >= 0.3 is 5.97 Å². The summed E-state index contributed by atoms with van der Waals surface area (Å²) in [6.07, 6.45) is 1.87. The second kappa shape index (κ2) is 7.74. The maximum atomic E-state index is 12.9. The number of hydrogen-bond acceptors (Lipinski definition) is 3. The number of H-pyrrole nitrogens is 1. The normalized spacial score (nSPS) is 14.9. The van der Waals surface area contributed by atoms with Crippen LogP contribution >= 0.6 is 0 Å². The van der Waals surface area contributed by atoms with Crippen LogP contribution in [0.3, 0.4) is 0 Å². The van der Waals surface area contributed by atoms with Gasteiger partial charge in [0.2, 0.25) is 0 Å². The zero-order chi connectivity index (χ0) is 20.5. The second-order valence-electron chi connectivity index (χ2n) is 7.90. The maximum Gasteiger partial charge on any atom is 0.308 e. The van der Waals surface area contributed by atoms with Crippen LogP contribution in [0.15, 0.2) is 42.5 Å². The summed E-state index contributed by atoms with van der Waals surface area (Å²) < 4.78 is 5.10. The molecule has 1 aliphatic rings. The number of likely N-dealkylation sites (tertiary alicyclic amines) is 1. The van der Waals surface area contributed by atoms with Gasteiger partial charge in [-0.25, -0.2) is 0 Å². The Morgan fingerprint density at radius 3 is 2.55 bits per heavy atom. The monoisotopic (exact) mass is 390 g/mol. The van der Waals surface area contributed by atoms with Crippen molar-refractivity contribution in [1.82, 2.24) is 9.88 Å². The molecule has 4 rings (SSSR count). The molecule has 1 amide bonds. The molecular weight excluding hydrogens is 364 g/mol. The number of rotatable bonds is 3. The first-order valence-electron chi connectivity index (χ1n) is 10.1. The highest BCUT2D eigenvalue weighted by Gasteiger charge is 2.27. The van der Waals surface area contributed by atoms with E-state index in [0.717, 1.165) is 25.9 Å². The smallest absolute Gasteiger partial charge is 0.308 e. The zero-order valence-corrected chi connectivity index (χ0v) is 17.1. The molecule has 1 N–H and O–H groups in total. The van der Waals surface area contributed by atoms with Crippen LogP contribution in [0.4, 0.5) is 0 Å². The van der Waals surface area contributed by atoms with Crippen molar-refractivity contribution in [2.45, 2.75) is 39.5 Å².